The van der Waals surface area contributed by atoms with Crippen LogP contribution in [0.15, 0.2) is 53.4 Å². The number of hydrogen-bond donors (Lipinski definition) is 2. The molecule has 0 radical (unpaired) electrons. The highest BCUT2D eigenvalue weighted by atomic mass is 35.5. The van der Waals surface area contributed by atoms with Crippen LogP contribution < -0.4 is 15.4 Å². The number of carbonyl (C=O) groups excluding carboxylic acids is 2. The van der Waals surface area contributed by atoms with E-state index in [4.69, 9.17) is 28.6 Å². The molecular weight excluding hydrogens is 392 g/mol. The van der Waals surface area contributed by atoms with E-state index >= 15 is 0 Å². The van der Waals surface area contributed by atoms with Gasteiger partial charge < -0.3 is 15.4 Å². The molecule has 0 atom stereocenters. The first-order chi connectivity index (χ1) is 12.5. The number of halogens is 1. The lowest BCUT2D eigenvalue weighted by atomic mass is 10.2. The van der Waals surface area contributed by atoms with E-state index in [1.54, 1.807) is 48.5 Å². The molecule has 0 aromatic heterocycles. The number of amides is 2. The summed E-state index contributed by atoms with van der Waals surface area (Å²) < 4.78 is 6.03. The van der Waals surface area contributed by atoms with Crippen molar-refractivity contribution >= 4 is 63.5 Å². The van der Waals surface area contributed by atoms with E-state index in [2.05, 4.69) is 10.6 Å². The summed E-state index contributed by atoms with van der Waals surface area (Å²) in [6, 6.07) is 14.0. The second-order valence-corrected chi connectivity index (χ2v) is 7.39. The average molecular weight is 405 g/mol. The first-order valence-electron chi connectivity index (χ1n) is 7.53. The quantitative estimate of drug-likeness (QED) is 0.585. The third-order valence-electron chi connectivity index (χ3n) is 3.31. The fraction of sp³-hybridized carbons (Fsp3) is 0.0556. The number of ether oxygens (including phenoxy) is 1. The minimum atomic E-state index is -0.316. The van der Waals surface area contributed by atoms with Crippen LogP contribution in [-0.4, -0.2) is 22.7 Å². The minimum absolute atomic E-state index is 0.176. The molecule has 1 aliphatic heterocycles. The molecule has 0 bridgehead atoms. The van der Waals surface area contributed by atoms with Crippen molar-refractivity contribution in [1.82, 2.24) is 5.32 Å². The number of nitrogens with one attached hydrogen (secondary N) is 2. The predicted octanol–water partition coefficient (Wildman–Crippen LogP) is 3.85. The zero-order chi connectivity index (χ0) is 18.5. The third-order valence-corrected chi connectivity index (χ3v) is 4.71. The second kappa shape index (κ2) is 8.35. The maximum absolute atomic E-state index is 12.1. The molecule has 3 rings (SSSR count). The van der Waals surface area contributed by atoms with Crippen molar-refractivity contribution in [1.29, 1.82) is 0 Å². The Morgan fingerprint density at radius 1 is 1.27 bits per heavy atom. The van der Waals surface area contributed by atoms with Crippen molar-refractivity contribution in [2.24, 2.45) is 0 Å². The lowest BCUT2D eigenvalue weighted by Crippen LogP contribution is -2.20. The van der Waals surface area contributed by atoms with Crippen LogP contribution in [0.4, 0.5) is 5.69 Å². The van der Waals surface area contributed by atoms with Crippen molar-refractivity contribution in [3.63, 3.8) is 0 Å². The summed E-state index contributed by atoms with van der Waals surface area (Å²) in [6.45, 7) is -0.176. The van der Waals surface area contributed by atoms with Gasteiger partial charge in [-0.2, -0.15) is 0 Å². The molecule has 0 spiro atoms. The Bertz CT molecular complexity index is 915. The molecular formula is C18H13ClN2O3S2. The van der Waals surface area contributed by atoms with E-state index in [1.165, 1.54) is 11.8 Å². The summed E-state index contributed by atoms with van der Waals surface area (Å²) in [5, 5.41) is 5.80. The fourth-order valence-electron chi connectivity index (χ4n) is 2.20. The number of thiocarbonyl (C=S) groups is 1. The highest BCUT2D eigenvalue weighted by molar-refractivity contribution is 8.26. The van der Waals surface area contributed by atoms with Gasteiger partial charge in [-0.1, -0.05) is 59.8 Å². The van der Waals surface area contributed by atoms with Gasteiger partial charge in [0.25, 0.3) is 11.8 Å². The average Bonchev–Trinajstić information content (AvgIpc) is 2.91. The van der Waals surface area contributed by atoms with Gasteiger partial charge in [-0.05, 0) is 30.3 Å². The van der Waals surface area contributed by atoms with Gasteiger partial charge in [-0.25, -0.2) is 0 Å². The molecule has 1 fully saturated rings. The molecule has 0 aliphatic carbocycles. The summed E-state index contributed by atoms with van der Waals surface area (Å²) in [5.41, 5.74) is 1.28. The first-order valence-corrected chi connectivity index (χ1v) is 9.13. The Labute approximate surface area is 164 Å². The Balaban J connectivity index is 1.67. The van der Waals surface area contributed by atoms with Crippen LogP contribution in [0.5, 0.6) is 5.75 Å². The summed E-state index contributed by atoms with van der Waals surface area (Å²) in [6.07, 6.45) is 1.68. The van der Waals surface area contributed by atoms with Crippen LogP contribution in [0.2, 0.25) is 5.02 Å². The predicted molar refractivity (Wildman–Crippen MR) is 108 cm³/mol. The molecule has 1 saturated heterocycles. The molecule has 132 valence electrons. The van der Waals surface area contributed by atoms with Gasteiger partial charge in [0.1, 0.15) is 10.1 Å². The van der Waals surface area contributed by atoms with Gasteiger partial charge in [-0.15, -0.1) is 0 Å². The maximum atomic E-state index is 12.1. The van der Waals surface area contributed by atoms with Crippen LogP contribution in [0.1, 0.15) is 5.56 Å². The molecule has 1 heterocycles. The Hall–Kier alpha value is -2.35. The van der Waals surface area contributed by atoms with Crippen molar-refractivity contribution in [2.75, 3.05) is 11.9 Å². The second-order valence-electron chi connectivity index (χ2n) is 5.24. The van der Waals surface area contributed by atoms with Gasteiger partial charge in [0.15, 0.2) is 6.61 Å². The van der Waals surface area contributed by atoms with E-state index in [-0.39, 0.29) is 18.4 Å². The maximum Gasteiger partial charge on any atom is 0.263 e. The lowest BCUT2D eigenvalue weighted by Gasteiger charge is -2.10. The Kier molecular flexibility index (Phi) is 5.92. The monoisotopic (exact) mass is 404 g/mol. The molecule has 26 heavy (non-hydrogen) atoms. The van der Waals surface area contributed by atoms with E-state index < -0.39 is 0 Å². The van der Waals surface area contributed by atoms with Crippen LogP contribution in [0, 0.1) is 0 Å². The number of anilines is 1. The number of hydrogen-bond acceptors (Lipinski definition) is 5. The minimum Gasteiger partial charge on any atom is -0.483 e. The molecule has 0 unspecified atom stereocenters. The Morgan fingerprint density at radius 3 is 2.81 bits per heavy atom. The molecule has 1 aliphatic rings. The van der Waals surface area contributed by atoms with Crippen LogP contribution in [-0.2, 0) is 9.59 Å². The standard InChI is InChI=1S/C18H13ClN2O3S2/c19-12-5-3-6-13(9-12)20-16(22)10-24-14-7-2-1-4-11(14)8-15-17(23)21-18(25)26-15/h1-9H,10H2,(H,20,22)(H,21,23,25)/b15-8-. The summed E-state index contributed by atoms with van der Waals surface area (Å²) in [7, 11) is 0. The zero-order valence-electron chi connectivity index (χ0n) is 13.3. The SMILES string of the molecule is O=C(COc1ccccc1/C=C1\SC(=S)NC1=O)Nc1cccc(Cl)c1. The lowest BCUT2D eigenvalue weighted by molar-refractivity contribution is -0.118. The molecule has 8 heteroatoms. The van der Waals surface area contributed by atoms with Gasteiger partial charge >= 0.3 is 0 Å². The summed E-state index contributed by atoms with van der Waals surface area (Å²) in [5.74, 6) is -0.0650. The highest BCUT2D eigenvalue weighted by Crippen LogP contribution is 2.29. The van der Waals surface area contributed by atoms with Crippen LogP contribution in [0.3, 0.4) is 0 Å². The van der Waals surface area contributed by atoms with E-state index in [1.807, 2.05) is 6.07 Å². The van der Waals surface area contributed by atoms with Crippen LogP contribution in [0.25, 0.3) is 6.08 Å². The molecule has 5 nitrogen and oxygen atoms in total. The molecule has 0 saturated carbocycles. The number of rotatable bonds is 5. The normalized spacial score (nSPS) is 15.0. The zero-order valence-corrected chi connectivity index (χ0v) is 15.7. The van der Waals surface area contributed by atoms with Crippen molar-refractivity contribution in [3.05, 3.63) is 64.0 Å². The third kappa shape index (κ3) is 4.85. The van der Waals surface area contributed by atoms with Crippen LogP contribution >= 0.6 is 35.6 Å². The molecule has 2 N–H and O–H groups in total. The van der Waals surface area contributed by atoms with Crippen molar-refractivity contribution < 1.29 is 14.3 Å². The number of thioether (sulfide) groups is 1. The number of para-hydroxylation sites is 1. The van der Waals surface area contributed by atoms with Crippen molar-refractivity contribution in [2.45, 2.75) is 0 Å². The summed E-state index contributed by atoms with van der Waals surface area (Å²) in [4.78, 5) is 24.3. The fourth-order valence-corrected chi connectivity index (χ4v) is 3.43. The Morgan fingerprint density at radius 2 is 2.08 bits per heavy atom. The van der Waals surface area contributed by atoms with Gasteiger partial charge in [0.05, 0.1) is 4.91 Å². The summed E-state index contributed by atoms with van der Waals surface area (Å²) >= 11 is 12.1. The number of benzene rings is 2. The van der Waals surface area contributed by atoms with E-state index in [0.717, 1.165) is 0 Å². The smallest absolute Gasteiger partial charge is 0.263 e. The van der Waals surface area contributed by atoms with Gasteiger partial charge in [0.2, 0.25) is 0 Å². The topological polar surface area (TPSA) is 67.4 Å². The first kappa shape index (κ1) is 18.4. The van der Waals surface area contributed by atoms with E-state index in [9.17, 15) is 9.59 Å². The molecule has 2 aromatic rings. The largest absolute Gasteiger partial charge is 0.483 e. The van der Waals surface area contributed by atoms with Crippen molar-refractivity contribution in [3.8, 4) is 5.75 Å². The molecule has 2 aromatic carbocycles. The van der Waals surface area contributed by atoms with Gasteiger partial charge in [-0.3, -0.25) is 9.59 Å². The highest BCUT2D eigenvalue weighted by Gasteiger charge is 2.22. The van der Waals surface area contributed by atoms with Gasteiger partial charge in [0, 0.05) is 16.3 Å². The number of carbonyl (C=O) groups is 2. The molecule has 2 amide bonds. The van der Waals surface area contributed by atoms with E-state index in [0.29, 0.717) is 31.2 Å².